The molecule has 0 fully saturated rings. The van der Waals surface area contributed by atoms with Crippen molar-refractivity contribution in [3.05, 3.63) is 51.7 Å². The number of anilines is 1. The number of esters is 1. The molecule has 0 saturated carbocycles. The van der Waals surface area contributed by atoms with Crippen LogP contribution < -0.4 is 5.32 Å². The number of hydrogen-bond donors (Lipinski definition) is 1. The highest BCUT2D eigenvalue weighted by atomic mass is 32.1. The van der Waals surface area contributed by atoms with Crippen LogP contribution in [0, 0.1) is 5.82 Å². The summed E-state index contributed by atoms with van der Waals surface area (Å²) in [4.78, 5) is 25.7. The third-order valence-electron chi connectivity index (χ3n) is 4.12. The topological polar surface area (TPSA) is 55.4 Å². The molecule has 0 saturated heterocycles. The number of aryl methyl sites for hydroxylation is 1. The van der Waals surface area contributed by atoms with Gasteiger partial charge >= 0.3 is 5.97 Å². The number of carbonyl (C=O) groups excluding carboxylic acids is 2. The lowest BCUT2D eigenvalue weighted by Crippen LogP contribution is -2.14. The fourth-order valence-corrected chi connectivity index (χ4v) is 4.23. The van der Waals surface area contributed by atoms with Crippen LogP contribution in [0.4, 0.5) is 9.39 Å². The minimum Gasteiger partial charge on any atom is -0.465 e. The molecule has 1 aliphatic carbocycles. The number of amides is 1. The zero-order valence-corrected chi connectivity index (χ0v) is 14.2. The van der Waals surface area contributed by atoms with Gasteiger partial charge in [-0.1, -0.05) is 12.5 Å². The predicted molar refractivity (Wildman–Crippen MR) is 91.3 cm³/mol. The molecule has 1 aromatic carbocycles. The van der Waals surface area contributed by atoms with Crippen LogP contribution in [0.25, 0.3) is 0 Å². The Labute approximate surface area is 143 Å². The van der Waals surface area contributed by atoms with Crippen molar-refractivity contribution in [3.8, 4) is 0 Å². The molecule has 1 amide bonds. The number of thiophene rings is 1. The van der Waals surface area contributed by atoms with E-state index in [9.17, 15) is 14.0 Å². The largest absolute Gasteiger partial charge is 0.465 e. The molecule has 0 spiro atoms. The molecule has 3 rings (SSSR count). The Balaban J connectivity index is 1.95. The highest BCUT2D eigenvalue weighted by Crippen LogP contribution is 2.38. The van der Waals surface area contributed by atoms with Crippen LogP contribution in [0.5, 0.6) is 0 Å². The lowest BCUT2D eigenvalue weighted by atomic mass is 10.1. The van der Waals surface area contributed by atoms with Gasteiger partial charge in [-0.2, -0.15) is 0 Å². The molecule has 0 bridgehead atoms. The zero-order valence-electron chi connectivity index (χ0n) is 13.4. The molecule has 1 aliphatic rings. The van der Waals surface area contributed by atoms with Gasteiger partial charge in [0.1, 0.15) is 10.8 Å². The molecule has 24 heavy (non-hydrogen) atoms. The first-order chi connectivity index (χ1) is 11.6. The first-order valence-corrected chi connectivity index (χ1v) is 8.71. The minimum atomic E-state index is -0.474. The number of nitrogens with one attached hydrogen (secondary N) is 1. The summed E-state index contributed by atoms with van der Waals surface area (Å²) in [6.45, 7) is 0. The van der Waals surface area contributed by atoms with Crippen molar-refractivity contribution in [1.82, 2.24) is 0 Å². The van der Waals surface area contributed by atoms with E-state index >= 15 is 0 Å². The summed E-state index contributed by atoms with van der Waals surface area (Å²) in [5.41, 5.74) is 1.65. The van der Waals surface area contributed by atoms with E-state index in [1.54, 1.807) is 0 Å². The van der Waals surface area contributed by atoms with Gasteiger partial charge in [0, 0.05) is 10.4 Å². The number of rotatable bonds is 3. The van der Waals surface area contributed by atoms with E-state index in [0.29, 0.717) is 10.6 Å². The van der Waals surface area contributed by atoms with Crippen molar-refractivity contribution in [3.63, 3.8) is 0 Å². The number of carbonyl (C=O) groups is 2. The van der Waals surface area contributed by atoms with Crippen LogP contribution in [-0.4, -0.2) is 19.0 Å². The maximum atomic E-state index is 13.3. The minimum absolute atomic E-state index is 0.217. The SMILES string of the molecule is COC(=O)c1c(NC(=O)c2cccc(F)c2)sc2c1CCCCC2. The average Bonchev–Trinajstić information content (AvgIpc) is 2.75. The van der Waals surface area contributed by atoms with E-state index < -0.39 is 17.7 Å². The zero-order chi connectivity index (χ0) is 17.1. The van der Waals surface area contributed by atoms with Gasteiger partial charge < -0.3 is 10.1 Å². The molecule has 1 N–H and O–H groups in total. The fraction of sp³-hybridized carbons (Fsp3) is 0.333. The van der Waals surface area contributed by atoms with Crippen LogP contribution >= 0.6 is 11.3 Å². The summed E-state index contributed by atoms with van der Waals surface area (Å²) >= 11 is 1.42. The standard InChI is InChI=1S/C18H18FNO3S/c1-23-18(22)15-13-8-3-2-4-9-14(13)24-17(15)20-16(21)11-6-5-7-12(19)10-11/h5-7,10H,2-4,8-9H2,1H3,(H,20,21). The Morgan fingerprint density at radius 2 is 2.00 bits per heavy atom. The Bertz CT molecular complexity index is 785. The third-order valence-corrected chi connectivity index (χ3v) is 5.33. The summed E-state index contributed by atoms with van der Waals surface area (Å²) in [6, 6.07) is 5.47. The van der Waals surface area contributed by atoms with E-state index in [1.807, 2.05) is 0 Å². The average molecular weight is 347 g/mol. The van der Waals surface area contributed by atoms with Crippen molar-refractivity contribution in [2.75, 3.05) is 12.4 Å². The summed E-state index contributed by atoms with van der Waals surface area (Å²) in [5.74, 6) is -1.35. The Hall–Kier alpha value is -2.21. The van der Waals surface area contributed by atoms with Crippen LogP contribution in [0.3, 0.4) is 0 Å². The number of methoxy groups -OCH3 is 1. The lowest BCUT2D eigenvalue weighted by molar-refractivity contribution is 0.0601. The second-order valence-electron chi connectivity index (χ2n) is 5.72. The molecule has 6 heteroatoms. The van der Waals surface area contributed by atoms with Gasteiger partial charge in [-0.05, 0) is 49.4 Å². The molecule has 1 heterocycles. The molecule has 1 aromatic heterocycles. The van der Waals surface area contributed by atoms with Gasteiger partial charge in [0.2, 0.25) is 0 Å². The van der Waals surface area contributed by atoms with E-state index in [0.717, 1.165) is 42.5 Å². The van der Waals surface area contributed by atoms with Gasteiger partial charge in [0.05, 0.1) is 12.7 Å². The third kappa shape index (κ3) is 3.33. The van der Waals surface area contributed by atoms with Crippen molar-refractivity contribution in [2.24, 2.45) is 0 Å². The summed E-state index contributed by atoms with van der Waals surface area (Å²) in [7, 11) is 1.33. The Morgan fingerprint density at radius 1 is 1.21 bits per heavy atom. The highest BCUT2D eigenvalue weighted by Gasteiger charge is 2.26. The maximum Gasteiger partial charge on any atom is 0.341 e. The van der Waals surface area contributed by atoms with Crippen LogP contribution in [-0.2, 0) is 17.6 Å². The first-order valence-electron chi connectivity index (χ1n) is 7.90. The van der Waals surface area contributed by atoms with Gasteiger partial charge in [-0.3, -0.25) is 4.79 Å². The molecular formula is C18H18FNO3S. The summed E-state index contributed by atoms with van der Waals surface area (Å²) < 4.78 is 18.2. The second-order valence-corrected chi connectivity index (χ2v) is 6.83. The number of benzene rings is 1. The van der Waals surface area contributed by atoms with Crippen molar-refractivity contribution < 1.29 is 18.7 Å². The summed E-state index contributed by atoms with van der Waals surface area (Å²) in [5, 5.41) is 3.25. The smallest absolute Gasteiger partial charge is 0.341 e. The number of fused-ring (bicyclic) bond motifs is 1. The Kier molecular flexibility index (Phi) is 4.94. The van der Waals surface area contributed by atoms with Crippen LogP contribution in [0.1, 0.15) is 50.4 Å². The van der Waals surface area contributed by atoms with Gasteiger partial charge in [-0.15, -0.1) is 11.3 Å². The quantitative estimate of drug-likeness (QED) is 0.669. The number of hydrogen-bond acceptors (Lipinski definition) is 4. The van der Waals surface area contributed by atoms with Crippen molar-refractivity contribution >= 4 is 28.2 Å². The number of halogens is 1. The van der Waals surface area contributed by atoms with Crippen molar-refractivity contribution in [1.29, 1.82) is 0 Å². The van der Waals surface area contributed by atoms with E-state index in [2.05, 4.69) is 5.32 Å². The molecule has 126 valence electrons. The molecule has 0 aliphatic heterocycles. The van der Waals surface area contributed by atoms with Gasteiger partial charge in [0.15, 0.2) is 0 Å². The predicted octanol–water partition coefficient (Wildman–Crippen LogP) is 4.20. The van der Waals surface area contributed by atoms with Crippen LogP contribution in [0.2, 0.25) is 0 Å². The van der Waals surface area contributed by atoms with Crippen molar-refractivity contribution in [2.45, 2.75) is 32.1 Å². The van der Waals surface area contributed by atoms with Gasteiger partial charge in [0.25, 0.3) is 5.91 Å². The lowest BCUT2D eigenvalue weighted by Gasteiger charge is -2.07. The highest BCUT2D eigenvalue weighted by molar-refractivity contribution is 7.17. The fourth-order valence-electron chi connectivity index (χ4n) is 2.95. The molecule has 0 atom stereocenters. The van der Waals surface area contributed by atoms with E-state index in [1.165, 1.54) is 42.7 Å². The molecular weight excluding hydrogens is 329 g/mol. The summed E-state index contributed by atoms with van der Waals surface area (Å²) in [6.07, 6.45) is 4.94. The second kappa shape index (κ2) is 7.13. The number of ether oxygens (including phenoxy) is 1. The monoisotopic (exact) mass is 347 g/mol. The normalized spacial score (nSPS) is 13.8. The molecule has 0 unspecified atom stereocenters. The molecule has 0 radical (unpaired) electrons. The first kappa shape index (κ1) is 16.6. The molecule has 4 nitrogen and oxygen atoms in total. The molecule has 2 aromatic rings. The van der Waals surface area contributed by atoms with E-state index in [4.69, 9.17) is 4.74 Å². The van der Waals surface area contributed by atoms with E-state index in [-0.39, 0.29) is 5.56 Å². The van der Waals surface area contributed by atoms with Crippen LogP contribution in [0.15, 0.2) is 24.3 Å². The van der Waals surface area contributed by atoms with Gasteiger partial charge in [-0.25, -0.2) is 9.18 Å². The Morgan fingerprint density at radius 3 is 2.75 bits per heavy atom. The maximum absolute atomic E-state index is 13.3.